The summed E-state index contributed by atoms with van der Waals surface area (Å²) in [5, 5.41) is 6.75. The molecule has 28 heavy (non-hydrogen) atoms. The van der Waals surface area contributed by atoms with Gasteiger partial charge in [0.2, 0.25) is 0 Å². The molecule has 0 saturated carbocycles. The molecule has 2 rings (SSSR count). The Labute approximate surface area is 188 Å². The molecule has 1 atom stereocenters. The number of benzene rings is 1. The summed E-state index contributed by atoms with van der Waals surface area (Å²) in [6.45, 7) is 2.34. The lowest BCUT2D eigenvalue weighted by molar-refractivity contribution is -0.0495. The normalized spacial score (nSPS) is 16.8. The molecule has 0 radical (unpaired) electrons. The number of aliphatic imine (C=N–C) groups is 1. The largest absolute Gasteiger partial charge is 0.433 e. The fourth-order valence-electron chi connectivity index (χ4n) is 3.07. The molecule has 1 aliphatic heterocycles. The molecule has 1 unspecified atom stereocenters. The Kier molecular flexibility index (Phi) is 12.6. The first-order valence-electron chi connectivity index (χ1n) is 9.46. The number of rotatable bonds is 10. The van der Waals surface area contributed by atoms with Gasteiger partial charge in [0.25, 0.3) is 0 Å². The van der Waals surface area contributed by atoms with Gasteiger partial charge in [0, 0.05) is 32.2 Å². The lowest BCUT2D eigenvalue weighted by atomic mass is 10.2. The molecule has 0 bridgehead atoms. The third-order valence-corrected chi connectivity index (χ3v) is 5.02. The Morgan fingerprint density at radius 2 is 2.14 bits per heavy atom. The number of guanidine groups is 1. The lowest BCUT2D eigenvalue weighted by Gasteiger charge is -2.22. The van der Waals surface area contributed by atoms with Crippen LogP contribution in [0.5, 0.6) is 5.75 Å². The number of nitrogens with one attached hydrogen (secondary N) is 2. The number of para-hydroxylation sites is 2. The molecule has 1 fully saturated rings. The van der Waals surface area contributed by atoms with E-state index < -0.39 is 6.61 Å². The van der Waals surface area contributed by atoms with E-state index in [9.17, 15) is 8.78 Å². The van der Waals surface area contributed by atoms with Crippen molar-refractivity contribution in [2.45, 2.75) is 38.8 Å². The molecule has 1 aromatic carbocycles. The van der Waals surface area contributed by atoms with Gasteiger partial charge in [-0.3, -0.25) is 4.99 Å². The van der Waals surface area contributed by atoms with Crippen molar-refractivity contribution in [2.24, 2.45) is 4.99 Å². The van der Waals surface area contributed by atoms with Crippen molar-refractivity contribution >= 4 is 47.4 Å². The minimum atomic E-state index is -2.82. The van der Waals surface area contributed by atoms with Gasteiger partial charge < -0.3 is 20.3 Å². The molecule has 0 amide bonds. The first-order valence-corrected chi connectivity index (χ1v) is 10.9. The molecule has 2 N–H and O–H groups in total. The Balaban J connectivity index is 0.00000392. The number of ether oxygens (including phenoxy) is 1. The Morgan fingerprint density at radius 3 is 2.86 bits per heavy atom. The van der Waals surface area contributed by atoms with Gasteiger partial charge in [0.1, 0.15) is 5.75 Å². The molecule has 1 aromatic rings. The van der Waals surface area contributed by atoms with Crippen LogP contribution in [0.25, 0.3) is 0 Å². The van der Waals surface area contributed by atoms with Crippen LogP contribution in [0.1, 0.15) is 26.2 Å². The number of alkyl halides is 2. The fourth-order valence-corrected chi connectivity index (χ4v) is 3.57. The molecule has 1 aliphatic rings. The zero-order valence-electron chi connectivity index (χ0n) is 16.5. The molecule has 1 saturated heterocycles. The third kappa shape index (κ3) is 8.59. The van der Waals surface area contributed by atoms with Crippen molar-refractivity contribution in [3.63, 3.8) is 0 Å². The molecular formula is C19H31F2IN4OS. The molecule has 0 aromatic heterocycles. The van der Waals surface area contributed by atoms with Crippen molar-refractivity contribution in [1.29, 1.82) is 0 Å². The second-order valence-electron chi connectivity index (χ2n) is 6.38. The average molecular weight is 528 g/mol. The third-order valence-electron chi connectivity index (χ3n) is 4.32. The molecule has 9 heteroatoms. The maximum absolute atomic E-state index is 12.6. The van der Waals surface area contributed by atoms with E-state index in [0.29, 0.717) is 5.69 Å². The summed E-state index contributed by atoms with van der Waals surface area (Å²) in [5.74, 6) is 2.21. The second kappa shape index (κ2) is 14.1. The van der Waals surface area contributed by atoms with Gasteiger partial charge >= 0.3 is 6.61 Å². The quantitative estimate of drug-likeness (QED) is 0.207. The standard InChI is InChI=1S/C19H30F2N4OS.HI/c1-3-22-19(23-11-6-7-13-27-2)24-15-10-12-25(14-15)16-8-4-5-9-17(16)26-18(20)21;/h4-5,8-9,15,18H,3,6-7,10-14H2,1-2H3,(H2,22,23,24);1H. The average Bonchev–Trinajstić information content (AvgIpc) is 3.10. The number of nitrogens with zero attached hydrogens (tertiary/aromatic N) is 2. The highest BCUT2D eigenvalue weighted by Gasteiger charge is 2.25. The zero-order chi connectivity index (χ0) is 19.5. The maximum Gasteiger partial charge on any atom is 0.387 e. The van der Waals surface area contributed by atoms with Crippen molar-refractivity contribution in [2.75, 3.05) is 43.1 Å². The van der Waals surface area contributed by atoms with E-state index >= 15 is 0 Å². The molecule has 0 aliphatic carbocycles. The van der Waals surface area contributed by atoms with Gasteiger partial charge in [-0.2, -0.15) is 20.5 Å². The van der Waals surface area contributed by atoms with Crippen molar-refractivity contribution < 1.29 is 13.5 Å². The van der Waals surface area contributed by atoms with Crippen LogP contribution in [0.3, 0.4) is 0 Å². The molecule has 5 nitrogen and oxygen atoms in total. The van der Waals surface area contributed by atoms with Gasteiger partial charge in [-0.1, -0.05) is 12.1 Å². The van der Waals surface area contributed by atoms with E-state index in [-0.39, 0.29) is 35.8 Å². The summed E-state index contributed by atoms with van der Waals surface area (Å²) >= 11 is 1.86. The molecule has 1 heterocycles. The van der Waals surface area contributed by atoms with E-state index in [2.05, 4.69) is 31.5 Å². The van der Waals surface area contributed by atoms with E-state index in [1.807, 2.05) is 30.8 Å². The van der Waals surface area contributed by atoms with Crippen LogP contribution >= 0.6 is 35.7 Å². The van der Waals surface area contributed by atoms with Gasteiger partial charge in [0.05, 0.1) is 5.69 Å². The second-order valence-corrected chi connectivity index (χ2v) is 7.37. The fraction of sp³-hybridized carbons (Fsp3) is 0.632. The van der Waals surface area contributed by atoms with Crippen LogP contribution < -0.4 is 20.3 Å². The highest BCUT2D eigenvalue weighted by Crippen LogP contribution is 2.31. The first-order chi connectivity index (χ1) is 13.1. The smallest absolute Gasteiger partial charge is 0.387 e. The maximum atomic E-state index is 12.6. The van der Waals surface area contributed by atoms with E-state index in [1.54, 1.807) is 12.1 Å². The monoisotopic (exact) mass is 528 g/mol. The Bertz CT molecular complexity index is 595. The van der Waals surface area contributed by atoms with Gasteiger partial charge in [-0.15, -0.1) is 24.0 Å². The number of hydrogen-bond acceptors (Lipinski definition) is 4. The van der Waals surface area contributed by atoms with Crippen LogP contribution in [0, 0.1) is 0 Å². The van der Waals surface area contributed by atoms with Crippen LogP contribution in [-0.2, 0) is 0 Å². The predicted octanol–water partition coefficient (Wildman–Crippen LogP) is 4.18. The van der Waals surface area contributed by atoms with E-state index in [0.717, 1.165) is 50.7 Å². The van der Waals surface area contributed by atoms with Crippen molar-refractivity contribution in [3.8, 4) is 5.75 Å². The van der Waals surface area contributed by atoms with E-state index in [1.165, 1.54) is 6.42 Å². The van der Waals surface area contributed by atoms with Crippen LogP contribution in [0.2, 0.25) is 0 Å². The minimum Gasteiger partial charge on any atom is -0.433 e. The topological polar surface area (TPSA) is 48.9 Å². The molecule has 0 spiro atoms. The predicted molar refractivity (Wildman–Crippen MR) is 126 cm³/mol. The highest BCUT2D eigenvalue weighted by atomic mass is 127. The zero-order valence-corrected chi connectivity index (χ0v) is 19.6. The summed E-state index contributed by atoms with van der Waals surface area (Å²) in [4.78, 5) is 6.73. The Morgan fingerprint density at radius 1 is 1.36 bits per heavy atom. The van der Waals surface area contributed by atoms with Crippen molar-refractivity contribution in [3.05, 3.63) is 24.3 Å². The highest BCUT2D eigenvalue weighted by molar-refractivity contribution is 14.0. The van der Waals surface area contributed by atoms with Crippen LogP contribution in [-0.4, -0.2) is 56.8 Å². The van der Waals surface area contributed by atoms with Crippen molar-refractivity contribution in [1.82, 2.24) is 10.6 Å². The van der Waals surface area contributed by atoms with Gasteiger partial charge in [0.15, 0.2) is 5.96 Å². The van der Waals surface area contributed by atoms with Crippen LogP contribution in [0.15, 0.2) is 29.3 Å². The number of halogens is 3. The SMILES string of the molecule is CCNC(=NCCCCSC)NC1CCN(c2ccccc2OC(F)F)C1.I. The summed E-state index contributed by atoms with van der Waals surface area (Å²) in [6, 6.07) is 7.18. The minimum absolute atomic E-state index is 0. The molecule has 160 valence electrons. The summed E-state index contributed by atoms with van der Waals surface area (Å²) in [6.07, 6.45) is 5.28. The number of hydrogen-bond donors (Lipinski definition) is 2. The Hall–Kier alpha value is -0.970. The number of anilines is 1. The number of unbranched alkanes of at least 4 members (excludes halogenated alkanes) is 1. The van der Waals surface area contributed by atoms with Gasteiger partial charge in [-0.25, -0.2) is 0 Å². The van der Waals surface area contributed by atoms with Crippen LogP contribution in [0.4, 0.5) is 14.5 Å². The lowest BCUT2D eigenvalue weighted by Crippen LogP contribution is -2.44. The molecular weight excluding hydrogens is 497 g/mol. The number of thioether (sulfide) groups is 1. The van der Waals surface area contributed by atoms with E-state index in [4.69, 9.17) is 0 Å². The summed E-state index contributed by atoms with van der Waals surface area (Å²) in [7, 11) is 0. The summed E-state index contributed by atoms with van der Waals surface area (Å²) in [5.41, 5.74) is 0.709. The van der Waals surface area contributed by atoms with Gasteiger partial charge in [-0.05, 0) is 50.3 Å². The first kappa shape index (κ1) is 25.1. The summed E-state index contributed by atoms with van der Waals surface area (Å²) < 4.78 is 29.9.